The van der Waals surface area contributed by atoms with Crippen LogP contribution in [0, 0.1) is 0 Å². The molecule has 0 heterocycles. The van der Waals surface area contributed by atoms with Crippen molar-refractivity contribution in [3.8, 4) is 0 Å². The third-order valence-electron chi connectivity index (χ3n) is 8.99. The fourth-order valence-corrected chi connectivity index (χ4v) is 7.34. The zero-order valence-electron chi connectivity index (χ0n) is 27.9. The molecule has 0 fully saturated rings. The summed E-state index contributed by atoms with van der Waals surface area (Å²) in [5.41, 5.74) is 0.746. The molecule has 0 N–H and O–H groups in total. The Balaban J connectivity index is 5.09. The number of hydrogen-bond donors (Lipinski definition) is 0. The molecular weight excluding hydrogens is 446 g/mol. The predicted molar refractivity (Wildman–Crippen MR) is 172 cm³/mol. The standard InChI is InChI=1S/C36H75N/c1-10-13-16-19-22-25-28-31-34(4,5)37(35(6,7)32-29-26-23-20-17-14-11-2)36(8,9)33-30-27-24-21-18-15-12-3/h10-33H2,1-9H3. The van der Waals surface area contributed by atoms with Crippen molar-refractivity contribution in [2.24, 2.45) is 0 Å². The topological polar surface area (TPSA) is 3.24 Å². The molecular formula is C36H75N. The van der Waals surface area contributed by atoms with Crippen LogP contribution >= 0.6 is 0 Å². The van der Waals surface area contributed by atoms with Gasteiger partial charge in [-0.1, -0.05) is 156 Å². The smallest absolute Gasteiger partial charge is 0.0163 e. The Labute approximate surface area is 237 Å². The largest absolute Gasteiger partial charge is 0.288 e. The third kappa shape index (κ3) is 18.0. The van der Waals surface area contributed by atoms with Crippen LogP contribution in [-0.2, 0) is 0 Å². The first-order chi connectivity index (χ1) is 17.5. The first kappa shape index (κ1) is 37.0. The molecule has 0 aliphatic heterocycles. The third-order valence-corrected chi connectivity index (χ3v) is 8.99. The molecule has 0 amide bonds. The molecule has 224 valence electrons. The van der Waals surface area contributed by atoms with E-state index in [1.54, 1.807) is 0 Å². The summed E-state index contributed by atoms with van der Waals surface area (Å²) in [7, 11) is 0. The highest BCUT2D eigenvalue weighted by molar-refractivity contribution is 5.00. The van der Waals surface area contributed by atoms with E-state index in [-0.39, 0.29) is 16.6 Å². The highest BCUT2D eigenvalue weighted by atomic mass is 15.3. The summed E-state index contributed by atoms with van der Waals surface area (Å²) in [6, 6.07) is 0. The zero-order valence-corrected chi connectivity index (χ0v) is 27.9. The second kappa shape index (κ2) is 21.7. The van der Waals surface area contributed by atoms with E-state index in [1.807, 2.05) is 0 Å². The summed E-state index contributed by atoms with van der Waals surface area (Å²) < 4.78 is 0. The van der Waals surface area contributed by atoms with Crippen molar-refractivity contribution in [3.63, 3.8) is 0 Å². The molecule has 0 aromatic rings. The summed E-state index contributed by atoms with van der Waals surface area (Å²) >= 11 is 0. The maximum absolute atomic E-state index is 3.01. The minimum absolute atomic E-state index is 0.249. The Morgan fingerprint density at radius 1 is 0.297 bits per heavy atom. The molecule has 0 saturated carbocycles. The van der Waals surface area contributed by atoms with E-state index in [1.165, 1.54) is 154 Å². The van der Waals surface area contributed by atoms with E-state index in [9.17, 15) is 0 Å². The van der Waals surface area contributed by atoms with E-state index in [2.05, 4.69) is 67.2 Å². The van der Waals surface area contributed by atoms with Crippen LogP contribution in [0.25, 0.3) is 0 Å². The lowest BCUT2D eigenvalue weighted by Gasteiger charge is -2.57. The fraction of sp³-hybridized carbons (Fsp3) is 1.00. The molecule has 0 unspecified atom stereocenters. The number of nitrogens with zero attached hydrogens (tertiary/aromatic N) is 1. The van der Waals surface area contributed by atoms with Gasteiger partial charge < -0.3 is 0 Å². The molecule has 1 heteroatoms. The second-order valence-electron chi connectivity index (χ2n) is 14.4. The van der Waals surface area contributed by atoms with E-state index < -0.39 is 0 Å². The summed E-state index contributed by atoms with van der Waals surface area (Å²) in [4.78, 5) is 3.01. The highest BCUT2D eigenvalue weighted by Gasteiger charge is 2.45. The molecule has 0 aliphatic rings. The van der Waals surface area contributed by atoms with Gasteiger partial charge in [0.25, 0.3) is 0 Å². The first-order valence-corrected chi connectivity index (χ1v) is 17.4. The van der Waals surface area contributed by atoms with Gasteiger partial charge in [0.2, 0.25) is 0 Å². The molecule has 0 bridgehead atoms. The second-order valence-corrected chi connectivity index (χ2v) is 14.4. The van der Waals surface area contributed by atoms with Crippen molar-refractivity contribution in [1.82, 2.24) is 4.90 Å². The molecule has 0 saturated heterocycles. The zero-order chi connectivity index (χ0) is 28.0. The highest BCUT2D eigenvalue weighted by Crippen LogP contribution is 2.41. The average Bonchev–Trinajstić information content (AvgIpc) is 2.81. The molecule has 0 rings (SSSR count). The molecule has 0 aromatic heterocycles. The van der Waals surface area contributed by atoms with Crippen LogP contribution < -0.4 is 0 Å². The van der Waals surface area contributed by atoms with Crippen molar-refractivity contribution < 1.29 is 0 Å². The molecule has 0 radical (unpaired) electrons. The molecule has 0 atom stereocenters. The lowest BCUT2D eigenvalue weighted by Crippen LogP contribution is -2.64. The molecule has 1 nitrogen and oxygen atoms in total. The Morgan fingerprint density at radius 3 is 0.703 bits per heavy atom. The summed E-state index contributed by atoms with van der Waals surface area (Å²) in [5, 5.41) is 0. The monoisotopic (exact) mass is 522 g/mol. The normalized spacial score (nSPS) is 13.1. The van der Waals surface area contributed by atoms with Gasteiger partial charge in [-0.2, -0.15) is 0 Å². The van der Waals surface area contributed by atoms with Crippen LogP contribution in [-0.4, -0.2) is 21.5 Å². The summed E-state index contributed by atoms with van der Waals surface area (Å²) in [5.74, 6) is 0. The van der Waals surface area contributed by atoms with Gasteiger partial charge >= 0.3 is 0 Å². The van der Waals surface area contributed by atoms with Gasteiger partial charge in [-0.3, -0.25) is 4.90 Å². The van der Waals surface area contributed by atoms with Gasteiger partial charge in [0.1, 0.15) is 0 Å². The molecule has 37 heavy (non-hydrogen) atoms. The van der Waals surface area contributed by atoms with Crippen molar-refractivity contribution in [2.45, 2.75) is 233 Å². The van der Waals surface area contributed by atoms with E-state index in [4.69, 9.17) is 0 Å². The van der Waals surface area contributed by atoms with E-state index in [0.717, 1.165) is 0 Å². The van der Waals surface area contributed by atoms with E-state index >= 15 is 0 Å². The Bertz CT molecular complexity index is 418. The van der Waals surface area contributed by atoms with Crippen LogP contribution in [0.4, 0.5) is 0 Å². The lowest BCUT2D eigenvalue weighted by molar-refractivity contribution is -0.0784. The minimum Gasteiger partial charge on any atom is -0.288 e. The Morgan fingerprint density at radius 2 is 0.486 bits per heavy atom. The van der Waals surface area contributed by atoms with Crippen LogP contribution in [0.3, 0.4) is 0 Å². The lowest BCUT2D eigenvalue weighted by atomic mass is 9.78. The number of rotatable bonds is 27. The quantitative estimate of drug-likeness (QED) is 0.0971. The van der Waals surface area contributed by atoms with Crippen molar-refractivity contribution in [1.29, 1.82) is 0 Å². The van der Waals surface area contributed by atoms with Crippen LogP contribution in [0.1, 0.15) is 216 Å². The predicted octanol–water partition coefficient (Wildman–Crippen LogP) is 13.0. The average molecular weight is 522 g/mol. The maximum Gasteiger partial charge on any atom is 0.0163 e. The van der Waals surface area contributed by atoms with Gasteiger partial charge in [-0.05, 0) is 60.8 Å². The van der Waals surface area contributed by atoms with Crippen LogP contribution in [0.5, 0.6) is 0 Å². The van der Waals surface area contributed by atoms with Gasteiger partial charge in [0, 0.05) is 16.6 Å². The van der Waals surface area contributed by atoms with Gasteiger partial charge in [0.15, 0.2) is 0 Å². The van der Waals surface area contributed by atoms with Crippen molar-refractivity contribution >= 4 is 0 Å². The van der Waals surface area contributed by atoms with Gasteiger partial charge in [0.05, 0.1) is 0 Å². The fourth-order valence-electron chi connectivity index (χ4n) is 7.34. The SMILES string of the molecule is CCCCCCCCCC(C)(C)N(C(C)(C)CCCCCCCCC)C(C)(C)CCCCCCCCC. The van der Waals surface area contributed by atoms with Crippen LogP contribution in [0.2, 0.25) is 0 Å². The van der Waals surface area contributed by atoms with E-state index in [0.29, 0.717) is 0 Å². The first-order valence-electron chi connectivity index (χ1n) is 17.4. The minimum atomic E-state index is 0.249. The summed E-state index contributed by atoms with van der Waals surface area (Å²) in [6.07, 6.45) is 33.6. The Hall–Kier alpha value is -0.0400. The summed E-state index contributed by atoms with van der Waals surface area (Å²) in [6.45, 7) is 22.4. The number of hydrogen-bond acceptors (Lipinski definition) is 1. The van der Waals surface area contributed by atoms with Gasteiger partial charge in [-0.25, -0.2) is 0 Å². The number of unbranched alkanes of at least 4 members (excludes halogenated alkanes) is 18. The Kier molecular flexibility index (Phi) is 21.7. The van der Waals surface area contributed by atoms with Crippen molar-refractivity contribution in [2.75, 3.05) is 0 Å². The van der Waals surface area contributed by atoms with Crippen LogP contribution in [0.15, 0.2) is 0 Å². The van der Waals surface area contributed by atoms with Crippen molar-refractivity contribution in [3.05, 3.63) is 0 Å². The molecule has 0 aromatic carbocycles. The maximum atomic E-state index is 3.01. The molecule has 0 aliphatic carbocycles. The van der Waals surface area contributed by atoms with Gasteiger partial charge in [-0.15, -0.1) is 0 Å². The molecule has 0 spiro atoms.